The van der Waals surface area contributed by atoms with E-state index in [9.17, 15) is 5.11 Å². The Kier molecular flexibility index (Phi) is 7.24. The fraction of sp³-hybridized carbons (Fsp3) is 0.111. The number of aliphatic imine (C=N–C) groups is 2. The zero-order chi connectivity index (χ0) is 22.0. The second-order valence-corrected chi connectivity index (χ2v) is 7.19. The molecule has 4 rings (SSSR count). The molecule has 2 aromatic heterocycles. The Morgan fingerprint density at radius 1 is 0.594 bits per heavy atom. The molecule has 0 aliphatic rings. The van der Waals surface area contributed by atoms with E-state index in [2.05, 4.69) is 9.97 Å². The van der Waals surface area contributed by atoms with Crippen molar-refractivity contribution in [2.45, 2.75) is 6.10 Å². The molecule has 158 valence electrons. The zero-order valence-corrected chi connectivity index (χ0v) is 17.6. The smallest absolute Gasteiger partial charge is 0.0930 e. The lowest BCUT2D eigenvalue weighted by molar-refractivity contribution is 0.192. The largest absolute Gasteiger partial charge is 0.389 e. The van der Waals surface area contributed by atoms with Gasteiger partial charge in [0.2, 0.25) is 0 Å². The lowest BCUT2D eigenvalue weighted by Gasteiger charge is -2.11. The molecule has 4 aromatic rings. The predicted molar refractivity (Wildman–Crippen MR) is 128 cm³/mol. The highest BCUT2D eigenvalue weighted by atomic mass is 16.3. The van der Waals surface area contributed by atoms with E-state index in [0.29, 0.717) is 0 Å². The molecule has 0 amide bonds. The normalized spacial score (nSPS) is 13.0. The van der Waals surface area contributed by atoms with Crippen molar-refractivity contribution in [1.29, 1.82) is 0 Å². The Hall–Kier alpha value is -3.96. The van der Waals surface area contributed by atoms with Gasteiger partial charge in [-0.2, -0.15) is 0 Å². The molecular formula is C27H24N4O. The molecule has 0 atom stereocenters. The highest BCUT2D eigenvalue weighted by Crippen LogP contribution is 2.11. The van der Waals surface area contributed by atoms with Gasteiger partial charge in [-0.05, 0) is 24.3 Å². The van der Waals surface area contributed by atoms with Crippen LogP contribution in [0, 0.1) is 0 Å². The van der Waals surface area contributed by atoms with Crippen molar-refractivity contribution in [2.24, 2.45) is 9.98 Å². The van der Waals surface area contributed by atoms with E-state index in [1.165, 1.54) is 0 Å². The van der Waals surface area contributed by atoms with Crippen LogP contribution in [0.3, 0.4) is 0 Å². The second-order valence-electron chi connectivity index (χ2n) is 7.19. The third-order valence-electron chi connectivity index (χ3n) is 4.83. The lowest BCUT2D eigenvalue weighted by Crippen LogP contribution is -2.19. The molecule has 0 aliphatic heterocycles. The second kappa shape index (κ2) is 10.9. The molecule has 5 heteroatoms. The zero-order valence-electron chi connectivity index (χ0n) is 17.6. The fourth-order valence-electron chi connectivity index (χ4n) is 3.29. The van der Waals surface area contributed by atoms with Gasteiger partial charge in [0.25, 0.3) is 0 Å². The van der Waals surface area contributed by atoms with Crippen LogP contribution in [0.5, 0.6) is 0 Å². The van der Waals surface area contributed by atoms with Crippen molar-refractivity contribution < 1.29 is 5.11 Å². The molecule has 5 nitrogen and oxygen atoms in total. The number of hydrogen-bond acceptors (Lipinski definition) is 5. The molecule has 32 heavy (non-hydrogen) atoms. The fourth-order valence-corrected chi connectivity index (χ4v) is 3.29. The molecule has 0 saturated carbocycles. The van der Waals surface area contributed by atoms with Crippen molar-refractivity contribution in [3.8, 4) is 0 Å². The summed E-state index contributed by atoms with van der Waals surface area (Å²) in [7, 11) is 0. The number of benzene rings is 2. The van der Waals surface area contributed by atoms with E-state index in [0.717, 1.165) is 33.9 Å². The molecule has 0 unspecified atom stereocenters. The van der Waals surface area contributed by atoms with Crippen LogP contribution in [0.4, 0.5) is 0 Å². The third kappa shape index (κ3) is 5.59. The SMILES string of the molecule is OC(CN=C(c1ccccc1)c1ccccn1)CN=C(c1ccccc1)c1ccccn1. The lowest BCUT2D eigenvalue weighted by atomic mass is 10.1. The van der Waals surface area contributed by atoms with E-state index in [1.54, 1.807) is 12.4 Å². The van der Waals surface area contributed by atoms with E-state index < -0.39 is 6.10 Å². The molecule has 0 radical (unpaired) electrons. The van der Waals surface area contributed by atoms with Gasteiger partial charge in [0, 0.05) is 23.5 Å². The first kappa shape index (κ1) is 21.3. The molecule has 2 heterocycles. The topological polar surface area (TPSA) is 70.7 Å². The van der Waals surface area contributed by atoms with Crippen molar-refractivity contribution in [2.75, 3.05) is 13.1 Å². The van der Waals surface area contributed by atoms with Gasteiger partial charge in [0.1, 0.15) is 0 Å². The van der Waals surface area contributed by atoms with Gasteiger partial charge >= 0.3 is 0 Å². The van der Waals surface area contributed by atoms with E-state index in [-0.39, 0.29) is 13.1 Å². The first-order valence-electron chi connectivity index (χ1n) is 10.5. The van der Waals surface area contributed by atoms with Crippen LogP contribution in [-0.2, 0) is 0 Å². The van der Waals surface area contributed by atoms with Crippen LogP contribution in [0.25, 0.3) is 0 Å². The van der Waals surface area contributed by atoms with E-state index in [1.807, 2.05) is 97.1 Å². The average molecular weight is 421 g/mol. The number of rotatable bonds is 8. The summed E-state index contributed by atoms with van der Waals surface area (Å²) in [5.74, 6) is 0. The van der Waals surface area contributed by atoms with Crippen molar-refractivity contribution >= 4 is 11.4 Å². The monoisotopic (exact) mass is 420 g/mol. The van der Waals surface area contributed by atoms with Crippen LogP contribution in [0.2, 0.25) is 0 Å². The summed E-state index contributed by atoms with van der Waals surface area (Å²) in [5.41, 5.74) is 4.96. The summed E-state index contributed by atoms with van der Waals surface area (Å²) in [4.78, 5) is 18.3. The van der Waals surface area contributed by atoms with E-state index in [4.69, 9.17) is 9.98 Å². The van der Waals surface area contributed by atoms with Gasteiger partial charge in [0.05, 0.1) is 42.0 Å². The minimum Gasteiger partial charge on any atom is -0.389 e. The Bertz CT molecular complexity index is 983. The Morgan fingerprint density at radius 2 is 1.00 bits per heavy atom. The summed E-state index contributed by atoms with van der Waals surface area (Å²) in [6.07, 6.45) is 2.75. The summed E-state index contributed by atoms with van der Waals surface area (Å²) < 4.78 is 0. The van der Waals surface area contributed by atoms with E-state index >= 15 is 0 Å². The average Bonchev–Trinajstić information content (AvgIpc) is 2.87. The van der Waals surface area contributed by atoms with Gasteiger partial charge in [0.15, 0.2) is 0 Å². The minimum atomic E-state index is -0.736. The molecule has 0 saturated heterocycles. The summed E-state index contributed by atoms with van der Waals surface area (Å²) in [6, 6.07) is 31.2. The maximum Gasteiger partial charge on any atom is 0.0930 e. The number of aliphatic hydroxyl groups excluding tert-OH is 1. The maximum absolute atomic E-state index is 10.7. The van der Waals surface area contributed by atoms with Crippen LogP contribution in [-0.4, -0.2) is 45.7 Å². The van der Waals surface area contributed by atoms with Crippen LogP contribution < -0.4 is 0 Å². The summed E-state index contributed by atoms with van der Waals surface area (Å²) >= 11 is 0. The quantitative estimate of drug-likeness (QED) is 0.434. The maximum atomic E-state index is 10.7. The van der Waals surface area contributed by atoms with Crippen LogP contribution in [0.15, 0.2) is 119 Å². The van der Waals surface area contributed by atoms with Gasteiger partial charge in [-0.3, -0.25) is 20.0 Å². The number of hydrogen-bond donors (Lipinski definition) is 1. The van der Waals surface area contributed by atoms with Gasteiger partial charge in [-0.1, -0.05) is 72.8 Å². The molecule has 0 fully saturated rings. The van der Waals surface area contributed by atoms with Crippen molar-refractivity contribution in [3.63, 3.8) is 0 Å². The number of aliphatic hydroxyl groups is 1. The molecular weight excluding hydrogens is 396 g/mol. The summed E-state index contributed by atoms with van der Waals surface area (Å²) in [6.45, 7) is 0.434. The highest BCUT2D eigenvalue weighted by Gasteiger charge is 2.12. The molecule has 0 aliphatic carbocycles. The molecule has 0 bridgehead atoms. The highest BCUT2D eigenvalue weighted by molar-refractivity contribution is 6.12. The number of aromatic nitrogens is 2. The molecule has 0 spiro atoms. The van der Waals surface area contributed by atoms with Crippen molar-refractivity contribution in [1.82, 2.24) is 9.97 Å². The van der Waals surface area contributed by atoms with Crippen molar-refractivity contribution in [3.05, 3.63) is 132 Å². The van der Waals surface area contributed by atoms with Crippen LogP contribution >= 0.6 is 0 Å². The predicted octanol–water partition coefficient (Wildman–Crippen LogP) is 4.21. The Balaban J connectivity index is 1.56. The van der Waals surface area contributed by atoms with Gasteiger partial charge in [-0.15, -0.1) is 0 Å². The number of pyridine rings is 2. The number of nitrogens with zero attached hydrogens (tertiary/aromatic N) is 4. The standard InChI is InChI=1S/C27H24N4O/c32-23(19-30-26(21-11-3-1-4-12-21)24-15-7-9-17-28-24)20-31-27(22-13-5-2-6-14-22)25-16-8-10-18-29-25/h1-18,23,32H,19-20H2. The first-order valence-corrected chi connectivity index (χ1v) is 10.5. The third-order valence-corrected chi connectivity index (χ3v) is 4.83. The molecule has 1 N–H and O–H groups in total. The molecule has 2 aromatic carbocycles. The minimum absolute atomic E-state index is 0.217. The Labute approximate surface area is 187 Å². The van der Waals surface area contributed by atoms with Gasteiger partial charge in [-0.25, -0.2) is 0 Å². The van der Waals surface area contributed by atoms with Gasteiger partial charge < -0.3 is 5.11 Å². The Morgan fingerprint density at radius 3 is 1.38 bits per heavy atom. The summed E-state index contributed by atoms with van der Waals surface area (Å²) in [5, 5.41) is 10.7. The van der Waals surface area contributed by atoms with Crippen LogP contribution in [0.1, 0.15) is 22.5 Å². The first-order chi connectivity index (χ1) is 15.8.